The van der Waals surface area contributed by atoms with Crippen molar-refractivity contribution in [2.75, 3.05) is 7.05 Å². The van der Waals surface area contributed by atoms with E-state index in [2.05, 4.69) is 5.32 Å². The molecule has 0 aliphatic carbocycles. The van der Waals surface area contributed by atoms with E-state index in [1.807, 2.05) is 52.0 Å². The van der Waals surface area contributed by atoms with Crippen LogP contribution in [0.4, 0.5) is 4.39 Å². The Morgan fingerprint density at radius 2 is 1.71 bits per heavy atom. The Balaban J connectivity index is 1.90. The van der Waals surface area contributed by atoms with E-state index in [9.17, 15) is 14.0 Å². The van der Waals surface area contributed by atoms with Gasteiger partial charge in [0, 0.05) is 18.0 Å². The van der Waals surface area contributed by atoms with Crippen LogP contribution in [0.15, 0.2) is 65.1 Å². The molecule has 0 unspecified atom stereocenters. The highest BCUT2D eigenvalue weighted by Crippen LogP contribution is 2.38. The van der Waals surface area contributed by atoms with Crippen molar-refractivity contribution < 1.29 is 23.1 Å². The standard InChI is InChI=1S/C29H28FNO4/c1-6-17-15-24-23(25(27(32)31-5)26(34-24)18-10-12-21(30)13-11-18)16-22(17)19-8-7-9-20(14-19)28(33)35-29(2,3)4/h7-16H,6H2,1-5H3,(H,31,32). The Bertz CT molecular complexity index is 1410. The van der Waals surface area contributed by atoms with E-state index < -0.39 is 11.6 Å². The molecule has 5 nitrogen and oxygen atoms in total. The molecule has 1 N–H and O–H groups in total. The van der Waals surface area contributed by atoms with Crippen LogP contribution in [-0.4, -0.2) is 24.5 Å². The fourth-order valence-corrected chi connectivity index (χ4v) is 4.05. The number of benzene rings is 3. The summed E-state index contributed by atoms with van der Waals surface area (Å²) in [5.41, 5.74) is 4.12. The molecule has 0 aliphatic heterocycles. The van der Waals surface area contributed by atoms with E-state index in [1.54, 1.807) is 31.3 Å². The number of furan rings is 1. The maximum absolute atomic E-state index is 13.5. The van der Waals surface area contributed by atoms with Gasteiger partial charge in [-0.25, -0.2) is 9.18 Å². The third-order valence-electron chi connectivity index (χ3n) is 5.66. The second-order valence-electron chi connectivity index (χ2n) is 9.33. The number of hydrogen-bond acceptors (Lipinski definition) is 4. The molecule has 4 aromatic rings. The fourth-order valence-electron chi connectivity index (χ4n) is 4.05. The van der Waals surface area contributed by atoms with Crippen LogP contribution in [0.3, 0.4) is 0 Å². The van der Waals surface area contributed by atoms with E-state index in [0.29, 0.717) is 39.8 Å². The van der Waals surface area contributed by atoms with Crippen LogP contribution in [0.1, 0.15) is 54.0 Å². The zero-order chi connectivity index (χ0) is 25.3. The van der Waals surface area contributed by atoms with Crippen LogP contribution in [0.5, 0.6) is 0 Å². The molecule has 0 bridgehead atoms. The Morgan fingerprint density at radius 3 is 2.34 bits per heavy atom. The van der Waals surface area contributed by atoms with Crippen LogP contribution in [0.2, 0.25) is 0 Å². The molecule has 1 amide bonds. The van der Waals surface area contributed by atoms with Crippen molar-refractivity contribution in [3.05, 3.63) is 83.2 Å². The zero-order valence-electron chi connectivity index (χ0n) is 20.5. The first-order valence-corrected chi connectivity index (χ1v) is 11.5. The minimum absolute atomic E-state index is 0.305. The number of halogens is 1. The Labute approximate surface area is 203 Å². The molecule has 1 heterocycles. The Hall–Kier alpha value is -3.93. The molecule has 3 aromatic carbocycles. The van der Waals surface area contributed by atoms with Crippen molar-refractivity contribution in [1.82, 2.24) is 5.32 Å². The number of esters is 1. The molecule has 0 radical (unpaired) electrons. The van der Waals surface area contributed by atoms with Gasteiger partial charge in [0.2, 0.25) is 0 Å². The molecule has 6 heteroatoms. The van der Waals surface area contributed by atoms with Crippen molar-refractivity contribution in [3.63, 3.8) is 0 Å². The molecule has 0 saturated heterocycles. The van der Waals surface area contributed by atoms with Gasteiger partial charge >= 0.3 is 5.97 Å². The van der Waals surface area contributed by atoms with Gasteiger partial charge in [-0.05, 0) is 92.4 Å². The van der Waals surface area contributed by atoms with Crippen LogP contribution >= 0.6 is 0 Å². The number of ether oxygens (including phenoxy) is 1. The summed E-state index contributed by atoms with van der Waals surface area (Å²) in [7, 11) is 1.56. The highest BCUT2D eigenvalue weighted by atomic mass is 19.1. The first-order chi connectivity index (χ1) is 16.6. The summed E-state index contributed by atoms with van der Waals surface area (Å²) < 4.78 is 25.2. The smallest absolute Gasteiger partial charge is 0.338 e. The van der Waals surface area contributed by atoms with Crippen LogP contribution < -0.4 is 5.32 Å². The van der Waals surface area contributed by atoms with E-state index in [-0.39, 0.29) is 11.7 Å². The second-order valence-corrected chi connectivity index (χ2v) is 9.33. The molecule has 0 atom stereocenters. The molecule has 1 aromatic heterocycles. The molecule has 35 heavy (non-hydrogen) atoms. The molecule has 180 valence electrons. The first-order valence-electron chi connectivity index (χ1n) is 11.5. The SMILES string of the molecule is CCc1cc2oc(-c3ccc(F)cc3)c(C(=O)NC)c2cc1-c1cccc(C(=O)OC(C)(C)C)c1. The van der Waals surface area contributed by atoms with Crippen LogP contribution in [0, 0.1) is 5.82 Å². The van der Waals surface area contributed by atoms with Crippen LogP contribution in [-0.2, 0) is 11.2 Å². The summed E-state index contributed by atoms with van der Waals surface area (Å²) in [5, 5.41) is 3.32. The molecular formula is C29H28FNO4. The lowest BCUT2D eigenvalue weighted by Gasteiger charge is -2.19. The normalized spacial score (nSPS) is 11.5. The quantitative estimate of drug-likeness (QED) is 0.324. The highest BCUT2D eigenvalue weighted by Gasteiger charge is 2.24. The lowest BCUT2D eigenvalue weighted by molar-refractivity contribution is 0.00694. The monoisotopic (exact) mass is 473 g/mol. The first kappa shape index (κ1) is 24.2. The Morgan fingerprint density at radius 1 is 1.00 bits per heavy atom. The van der Waals surface area contributed by atoms with Crippen molar-refractivity contribution in [2.45, 2.75) is 39.7 Å². The third kappa shape index (κ3) is 4.97. The average Bonchev–Trinajstić information content (AvgIpc) is 3.20. The second kappa shape index (κ2) is 9.37. The number of nitrogens with one attached hydrogen (secondary N) is 1. The maximum atomic E-state index is 13.5. The van der Waals surface area contributed by atoms with Gasteiger partial charge in [-0.1, -0.05) is 19.1 Å². The number of hydrogen-bond donors (Lipinski definition) is 1. The summed E-state index contributed by atoms with van der Waals surface area (Å²) in [4.78, 5) is 25.6. The number of rotatable bonds is 5. The summed E-state index contributed by atoms with van der Waals surface area (Å²) in [6.07, 6.45) is 0.712. The lowest BCUT2D eigenvalue weighted by Crippen LogP contribution is -2.23. The van der Waals surface area contributed by atoms with Crippen molar-refractivity contribution in [2.24, 2.45) is 0 Å². The zero-order valence-corrected chi connectivity index (χ0v) is 20.5. The van der Waals surface area contributed by atoms with Gasteiger partial charge in [-0.2, -0.15) is 0 Å². The molecule has 0 fully saturated rings. The van der Waals surface area contributed by atoms with Gasteiger partial charge in [0.15, 0.2) is 0 Å². The van der Waals surface area contributed by atoms with Gasteiger partial charge < -0.3 is 14.5 Å². The number of fused-ring (bicyclic) bond motifs is 1. The van der Waals surface area contributed by atoms with Crippen molar-refractivity contribution in [1.29, 1.82) is 0 Å². The Kier molecular flexibility index (Phi) is 6.48. The number of carbonyl (C=O) groups is 2. The largest absolute Gasteiger partial charge is 0.456 e. The van der Waals surface area contributed by atoms with E-state index >= 15 is 0 Å². The van der Waals surface area contributed by atoms with Gasteiger partial charge in [0.25, 0.3) is 5.91 Å². The number of amides is 1. The van der Waals surface area contributed by atoms with E-state index in [4.69, 9.17) is 9.15 Å². The molecular weight excluding hydrogens is 445 g/mol. The minimum atomic E-state index is -0.601. The molecule has 0 saturated carbocycles. The summed E-state index contributed by atoms with van der Waals surface area (Å²) in [6, 6.07) is 17.0. The molecule has 4 rings (SSSR count). The average molecular weight is 474 g/mol. The van der Waals surface area contributed by atoms with Gasteiger partial charge in [0.1, 0.15) is 22.8 Å². The summed E-state index contributed by atoms with van der Waals surface area (Å²) in [5.74, 6) is -0.694. The number of aryl methyl sites for hydroxylation is 1. The van der Waals surface area contributed by atoms with E-state index in [1.165, 1.54) is 12.1 Å². The van der Waals surface area contributed by atoms with E-state index in [0.717, 1.165) is 16.7 Å². The maximum Gasteiger partial charge on any atom is 0.338 e. The summed E-state index contributed by atoms with van der Waals surface area (Å²) in [6.45, 7) is 7.52. The van der Waals surface area contributed by atoms with Gasteiger partial charge in [-0.3, -0.25) is 4.79 Å². The predicted octanol–water partition coefficient (Wildman–Crippen LogP) is 6.78. The van der Waals surface area contributed by atoms with Crippen LogP contribution in [0.25, 0.3) is 33.4 Å². The van der Waals surface area contributed by atoms with Crippen molar-refractivity contribution in [3.8, 4) is 22.5 Å². The molecule has 0 spiro atoms. The minimum Gasteiger partial charge on any atom is -0.456 e. The summed E-state index contributed by atoms with van der Waals surface area (Å²) >= 11 is 0. The lowest BCUT2D eigenvalue weighted by atomic mass is 9.93. The predicted molar refractivity (Wildman–Crippen MR) is 135 cm³/mol. The fraction of sp³-hybridized carbons (Fsp3) is 0.241. The topological polar surface area (TPSA) is 68.5 Å². The van der Waals surface area contributed by atoms with Crippen molar-refractivity contribution >= 4 is 22.8 Å². The van der Waals surface area contributed by atoms with Gasteiger partial charge in [-0.15, -0.1) is 0 Å². The van der Waals surface area contributed by atoms with Gasteiger partial charge in [0.05, 0.1) is 11.1 Å². The highest BCUT2D eigenvalue weighted by molar-refractivity contribution is 6.12. The number of carbonyl (C=O) groups excluding carboxylic acids is 2. The third-order valence-corrected chi connectivity index (χ3v) is 5.66. The molecule has 0 aliphatic rings.